The molecular formula is C13H12N3O2S-. The number of rotatable bonds is 4. The van der Waals surface area contributed by atoms with Crippen molar-refractivity contribution in [2.45, 2.75) is 11.1 Å². The Balaban J connectivity index is 1.71. The molecule has 2 aromatic rings. The molecule has 98 valence electrons. The Morgan fingerprint density at radius 3 is 2.53 bits per heavy atom. The molecule has 0 saturated carbocycles. The van der Waals surface area contributed by atoms with E-state index in [-0.39, 0.29) is 11.1 Å². The summed E-state index contributed by atoms with van der Waals surface area (Å²) in [6, 6.07) is 14.5. The molecule has 1 aliphatic heterocycles. The first-order valence-corrected chi connectivity index (χ1v) is 7.31. The van der Waals surface area contributed by atoms with Gasteiger partial charge in [0.2, 0.25) is 0 Å². The van der Waals surface area contributed by atoms with Crippen molar-refractivity contribution in [1.29, 1.82) is 0 Å². The molecule has 19 heavy (non-hydrogen) atoms. The van der Waals surface area contributed by atoms with Crippen LogP contribution in [0.25, 0.3) is 4.83 Å². The second-order valence-corrected chi connectivity index (χ2v) is 5.80. The largest absolute Gasteiger partial charge is 0.475 e. The molecule has 0 spiro atoms. The number of hydrogen-bond donors (Lipinski definition) is 0. The van der Waals surface area contributed by atoms with E-state index in [0.717, 1.165) is 5.56 Å². The van der Waals surface area contributed by atoms with Gasteiger partial charge in [-0.1, -0.05) is 36.4 Å². The van der Waals surface area contributed by atoms with E-state index in [4.69, 9.17) is 0 Å². The minimum absolute atomic E-state index is 0.0197. The zero-order valence-electron chi connectivity index (χ0n) is 10.0. The molecule has 3 rings (SSSR count). The molecule has 1 aromatic carbocycles. The quantitative estimate of drug-likeness (QED) is 0.801. The molecule has 0 amide bonds. The summed E-state index contributed by atoms with van der Waals surface area (Å²) in [6.45, 7) is 0.621. The molecule has 1 aliphatic rings. The zero-order chi connectivity index (χ0) is 13.3. The number of nitrogens with zero attached hydrogens (tertiary/aromatic N) is 3. The molecule has 0 radical (unpaired) electrons. The van der Waals surface area contributed by atoms with E-state index in [0.29, 0.717) is 6.54 Å². The van der Waals surface area contributed by atoms with E-state index >= 15 is 0 Å². The molecule has 2 unspecified atom stereocenters. The van der Waals surface area contributed by atoms with E-state index in [1.165, 1.54) is 12.3 Å². The SMILES string of the molecule is O=S(=O)([N-]N1CC1c1ccccc1)c1ccccn1. The lowest BCUT2D eigenvalue weighted by Crippen LogP contribution is -2.06. The van der Waals surface area contributed by atoms with Crippen LogP contribution in [0, 0.1) is 0 Å². The highest BCUT2D eigenvalue weighted by molar-refractivity contribution is 7.93. The van der Waals surface area contributed by atoms with E-state index in [1.807, 2.05) is 30.3 Å². The molecule has 2 atom stereocenters. The molecule has 2 heterocycles. The second kappa shape index (κ2) is 4.73. The van der Waals surface area contributed by atoms with Crippen molar-refractivity contribution in [3.05, 3.63) is 65.1 Å². The van der Waals surface area contributed by atoms with Crippen LogP contribution < -0.4 is 0 Å². The van der Waals surface area contributed by atoms with Crippen molar-refractivity contribution in [3.63, 3.8) is 0 Å². The fourth-order valence-electron chi connectivity index (χ4n) is 1.85. The predicted molar refractivity (Wildman–Crippen MR) is 70.7 cm³/mol. The maximum atomic E-state index is 12.0. The van der Waals surface area contributed by atoms with Crippen LogP contribution in [0.4, 0.5) is 0 Å². The Kier molecular flexibility index (Phi) is 3.06. The number of benzene rings is 1. The fraction of sp³-hybridized carbons (Fsp3) is 0.154. The van der Waals surface area contributed by atoms with Gasteiger partial charge < -0.3 is 9.84 Å². The lowest BCUT2D eigenvalue weighted by atomic mass is 10.2. The summed E-state index contributed by atoms with van der Waals surface area (Å²) < 4.78 is 24.0. The van der Waals surface area contributed by atoms with E-state index < -0.39 is 10.0 Å². The average Bonchev–Trinajstić information content (AvgIpc) is 3.19. The van der Waals surface area contributed by atoms with Crippen LogP contribution in [0.3, 0.4) is 0 Å². The van der Waals surface area contributed by atoms with Crippen molar-refractivity contribution in [2.75, 3.05) is 6.54 Å². The number of aromatic nitrogens is 1. The standard InChI is InChI=1S/C13H12N3O2S/c17-19(18,13-8-4-5-9-14-13)15-16-10-12(16)11-6-2-1-3-7-11/h1-9,12H,10H2/q-1. The summed E-state index contributed by atoms with van der Waals surface area (Å²) in [5, 5.41) is 1.54. The molecule has 0 aliphatic carbocycles. The summed E-state index contributed by atoms with van der Waals surface area (Å²) in [7, 11) is -3.70. The van der Waals surface area contributed by atoms with Gasteiger partial charge in [-0.25, -0.2) is 13.4 Å². The third-order valence-electron chi connectivity index (χ3n) is 2.88. The smallest absolute Gasteiger partial charge is 0.137 e. The van der Waals surface area contributed by atoms with Crippen molar-refractivity contribution < 1.29 is 8.42 Å². The van der Waals surface area contributed by atoms with Gasteiger partial charge in [0, 0.05) is 18.8 Å². The molecule has 0 N–H and O–H groups in total. The molecule has 0 bridgehead atoms. The second-order valence-electron chi connectivity index (χ2n) is 4.27. The Morgan fingerprint density at radius 1 is 1.11 bits per heavy atom. The topological polar surface area (TPSA) is 64.1 Å². The molecule has 1 fully saturated rings. The monoisotopic (exact) mass is 274 g/mol. The van der Waals surface area contributed by atoms with Crippen LogP contribution in [-0.2, 0) is 10.0 Å². The summed E-state index contributed by atoms with van der Waals surface area (Å²) >= 11 is 0. The molecule has 1 saturated heterocycles. The summed E-state index contributed by atoms with van der Waals surface area (Å²) in [4.78, 5) is 7.61. The van der Waals surface area contributed by atoms with Gasteiger partial charge >= 0.3 is 0 Å². The molecule has 5 nitrogen and oxygen atoms in total. The highest BCUT2D eigenvalue weighted by Crippen LogP contribution is 2.39. The lowest BCUT2D eigenvalue weighted by molar-refractivity contribution is 0.578. The van der Waals surface area contributed by atoms with Gasteiger partial charge in [-0.15, -0.1) is 0 Å². The fourth-order valence-corrected chi connectivity index (χ4v) is 2.84. The van der Waals surface area contributed by atoms with Crippen LogP contribution in [-0.4, -0.2) is 25.0 Å². The van der Waals surface area contributed by atoms with Crippen LogP contribution in [0.5, 0.6) is 0 Å². The first kappa shape index (κ1) is 12.3. The maximum Gasteiger partial charge on any atom is 0.137 e. The Bertz CT molecular complexity index is 659. The van der Waals surface area contributed by atoms with Crippen molar-refractivity contribution in [3.8, 4) is 0 Å². The summed E-state index contributed by atoms with van der Waals surface area (Å²) in [6.07, 6.45) is 1.44. The average molecular weight is 274 g/mol. The zero-order valence-corrected chi connectivity index (χ0v) is 10.9. The normalized spacial score (nSPS) is 22.1. The summed E-state index contributed by atoms with van der Waals surface area (Å²) in [5.41, 5.74) is 1.07. The van der Waals surface area contributed by atoms with Gasteiger partial charge in [0.25, 0.3) is 0 Å². The first-order valence-electron chi connectivity index (χ1n) is 5.87. The van der Waals surface area contributed by atoms with E-state index in [9.17, 15) is 8.42 Å². The van der Waals surface area contributed by atoms with Crippen LogP contribution in [0.15, 0.2) is 59.8 Å². The van der Waals surface area contributed by atoms with Crippen LogP contribution in [0.2, 0.25) is 0 Å². The van der Waals surface area contributed by atoms with Crippen LogP contribution >= 0.6 is 0 Å². The third kappa shape index (κ3) is 2.65. The van der Waals surface area contributed by atoms with Crippen molar-refractivity contribution in [2.24, 2.45) is 0 Å². The summed E-state index contributed by atoms with van der Waals surface area (Å²) in [5.74, 6) is 0. The number of sulfonamides is 1. The maximum absolute atomic E-state index is 12.0. The molecular weight excluding hydrogens is 262 g/mol. The van der Waals surface area contributed by atoms with Crippen LogP contribution in [0.1, 0.15) is 11.6 Å². The van der Waals surface area contributed by atoms with Gasteiger partial charge in [-0.2, -0.15) is 0 Å². The highest BCUT2D eigenvalue weighted by atomic mass is 32.2. The van der Waals surface area contributed by atoms with Crippen molar-refractivity contribution >= 4 is 10.0 Å². The van der Waals surface area contributed by atoms with E-state index in [2.05, 4.69) is 9.82 Å². The number of hydrogen-bond acceptors (Lipinski definition) is 4. The molecule has 1 aromatic heterocycles. The van der Waals surface area contributed by atoms with Gasteiger partial charge in [0.1, 0.15) is 15.0 Å². The number of pyridine rings is 1. The van der Waals surface area contributed by atoms with Gasteiger partial charge in [0.05, 0.1) is 0 Å². The lowest BCUT2D eigenvalue weighted by Gasteiger charge is -2.22. The van der Waals surface area contributed by atoms with Gasteiger partial charge in [0.15, 0.2) is 0 Å². The minimum atomic E-state index is -3.70. The van der Waals surface area contributed by atoms with E-state index in [1.54, 1.807) is 17.1 Å². The Hall–Kier alpha value is -1.76. The predicted octanol–water partition coefficient (Wildman–Crippen LogP) is 2.12. The minimum Gasteiger partial charge on any atom is -0.475 e. The van der Waals surface area contributed by atoms with Gasteiger partial charge in [-0.3, -0.25) is 0 Å². The van der Waals surface area contributed by atoms with Gasteiger partial charge in [-0.05, 0) is 17.7 Å². The third-order valence-corrected chi connectivity index (χ3v) is 4.08. The molecule has 6 heteroatoms. The Morgan fingerprint density at radius 2 is 1.84 bits per heavy atom. The Labute approximate surface area is 111 Å². The van der Waals surface area contributed by atoms with Crippen molar-refractivity contribution in [1.82, 2.24) is 9.99 Å². The first-order chi connectivity index (χ1) is 9.17. The highest BCUT2D eigenvalue weighted by Gasteiger charge is 2.30.